The monoisotopic (exact) mass is 426 g/mol. The van der Waals surface area contributed by atoms with Gasteiger partial charge in [0, 0.05) is 18.1 Å². The van der Waals surface area contributed by atoms with Gasteiger partial charge in [0.25, 0.3) is 5.91 Å². The molecular weight excluding hydrogens is 405 g/mol. The maximum absolute atomic E-state index is 13.2. The highest BCUT2D eigenvalue weighted by molar-refractivity contribution is 6.31. The van der Waals surface area contributed by atoms with Crippen LogP contribution >= 0.6 is 11.6 Å². The van der Waals surface area contributed by atoms with Crippen molar-refractivity contribution < 1.29 is 22.7 Å². The number of nitrogens with zero attached hydrogens (tertiary/aromatic N) is 1. The van der Waals surface area contributed by atoms with Crippen LogP contribution < -0.4 is 15.0 Å². The van der Waals surface area contributed by atoms with Crippen LogP contribution in [0.1, 0.15) is 30.4 Å². The summed E-state index contributed by atoms with van der Waals surface area (Å²) in [5, 5.41) is 3.17. The summed E-state index contributed by atoms with van der Waals surface area (Å²) < 4.78 is 44.9. The number of nitrogens with one attached hydrogen (secondary N) is 1. The third-order valence-electron chi connectivity index (χ3n) is 4.79. The Labute approximate surface area is 172 Å². The van der Waals surface area contributed by atoms with E-state index in [1.54, 1.807) is 18.2 Å². The van der Waals surface area contributed by atoms with Crippen LogP contribution in [0.15, 0.2) is 36.4 Å². The maximum atomic E-state index is 13.2. The summed E-state index contributed by atoms with van der Waals surface area (Å²) in [4.78, 5) is 14.4. The minimum absolute atomic E-state index is 0.141. The van der Waals surface area contributed by atoms with E-state index in [0.29, 0.717) is 16.5 Å². The highest BCUT2D eigenvalue weighted by Gasteiger charge is 2.31. The number of aryl methyl sites for hydroxylation is 1. The molecule has 156 valence electrons. The molecule has 2 aromatic rings. The average Bonchev–Trinajstić information content (AvgIpc) is 2.69. The molecule has 0 aromatic heterocycles. The lowest BCUT2D eigenvalue weighted by Crippen LogP contribution is -2.31. The SMILES string of the molecule is Cc1cc(OCC(=O)Nc2cc(C(F)(F)F)ccc2N2CCCCC2)ccc1Cl. The highest BCUT2D eigenvalue weighted by atomic mass is 35.5. The van der Waals surface area contributed by atoms with Gasteiger partial charge >= 0.3 is 6.18 Å². The first-order valence-electron chi connectivity index (χ1n) is 9.39. The van der Waals surface area contributed by atoms with Crippen LogP contribution in [0.2, 0.25) is 5.02 Å². The molecule has 29 heavy (non-hydrogen) atoms. The number of carbonyl (C=O) groups is 1. The van der Waals surface area contributed by atoms with Crippen LogP contribution in [0.3, 0.4) is 0 Å². The van der Waals surface area contributed by atoms with E-state index in [2.05, 4.69) is 5.32 Å². The summed E-state index contributed by atoms with van der Waals surface area (Å²) in [6, 6.07) is 8.44. The molecule has 3 rings (SSSR count). The first-order valence-corrected chi connectivity index (χ1v) is 9.77. The molecule has 4 nitrogen and oxygen atoms in total. The second kappa shape index (κ2) is 8.95. The zero-order valence-electron chi connectivity index (χ0n) is 16.0. The molecule has 0 atom stereocenters. The Morgan fingerprint density at radius 3 is 2.52 bits per heavy atom. The predicted molar refractivity (Wildman–Crippen MR) is 108 cm³/mol. The summed E-state index contributed by atoms with van der Waals surface area (Å²) in [7, 11) is 0. The number of halogens is 4. The number of rotatable bonds is 5. The van der Waals surface area contributed by atoms with Crippen LogP contribution in [-0.2, 0) is 11.0 Å². The van der Waals surface area contributed by atoms with Gasteiger partial charge < -0.3 is 15.0 Å². The minimum atomic E-state index is -4.49. The van der Waals surface area contributed by atoms with E-state index in [0.717, 1.165) is 50.0 Å². The zero-order valence-corrected chi connectivity index (χ0v) is 16.7. The Morgan fingerprint density at radius 1 is 1.14 bits per heavy atom. The normalized spacial score (nSPS) is 14.6. The number of piperidine rings is 1. The molecule has 1 aliphatic rings. The summed E-state index contributed by atoms with van der Waals surface area (Å²) in [5.74, 6) is -0.0717. The van der Waals surface area contributed by atoms with E-state index in [1.807, 2.05) is 11.8 Å². The van der Waals surface area contributed by atoms with Crippen molar-refractivity contribution >= 4 is 28.9 Å². The van der Waals surface area contributed by atoms with Gasteiger partial charge in [0.15, 0.2) is 6.61 Å². The molecule has 1 amide bonds. The number of amides is 1. The fraction of sp³-hybridized carbons (Fsp3) is 0.381. The van der Waals surface area contributed by atoms with Crippen molar-refractivity contribution in [2.45, 2.75) is 32.4 Å². The predicted octanol–water partition coefficient (Wildman–Crippen LogP) is 5.68. The number of hydrogen-bond acceptors (Lipinski definition) is 3. The molecule has 1 heterocycles. The minimum Gasteiger partial charge on any atom is -0.484 e. The topological polar surface area (TPSA) is 41.6 Å². The molecule has 0 unspecified atom stereocenters. The second-order valence-corrected chi connectivity index (χ2v) is 7.43. The molecule has 8 heteroatoms. The fourth-order valence-corrected chi connectivity index (χ4v) is 3.38. The smallest absolute Gasteiger partial charge is 0.416 e. The highest BCUT2D eigenvalue weighted by Crippen LogP contribution is 2.36. The Hall–Kier alpha value is -2.41. The van der Waals surface area contributed by atoms with Crippen molar-refractivity contribution in [3.63, 3.8) is 0 Å². The first-order chi connectivity index (χ1) is 13.7. The van der Waals surface area contributed by atoms with Crippen molar-refractivity contribution in [3.05, 3.63) is 52.5 Å². The average molecular weight is 427 g/mol. The van der Waals surface area contributed by atoms with E-state index in [-0.39, 0.29) is 12.3 Å². The lowest BCUT2D eigenvalue weighted by molar-refractivity contribution is -0.137. The van der Waals surface area contributed by atoms with Crippen molar-refractivity contribution in [1.29, 1.82) is 0 Å². The van der Waals surface area contributed by atoms with Crippen molar-refractivity contribution in [1.82, 2.24) is 0 Å². The van der Waals surface area contributed by atoms with Crippen LogP contribution in [0.4, 0.5) is 24.5 Å². The van der Waals surface area contributed by atoms with Gasteiger partial charge in [-0.15, -0.1) is 0 Å². The number of hydrogen-bond donors (Lipinski definition) is 1. The first kappa shape index (κ1) is 21.3. The number of ether oxygens (including phenoxy) is 1. The van der Waals surface area contributed by atoms with Crippen molar-refractivity contribution in [2.24, 2.45) is 0 Å². The van der Waals surface area contributed by atoms with Gasteiger partial charge in [0.05, 0.1) is 16.9 Å². The Bertz CT molecular complexity index is 881. The molecule has 1 saturated heterocycles. The van der Waals surface area contributed by atoms with Crippen LogP contribution in [-0.4, -0.2) is 25.6 Å². The van der Waals surface area contributed by atoms with Crippen LogP contribution in [0, 0.1) is 6.92 Å². The Kier molecular flexibility index (Phi) is 6.57. The molecule has 2 aromatic carbocycles. The van der Waals surface area contributed by atoms with Crippen LogP contribution in [0.25, 0.3) is 0 Å². The number of benzene rings is 2. The molecular formula is C21H22ClF3N2O2. The molecule has 0 bridgehead atoms. The van der Waals surface area contributed by atoms with Gasteiger partial charge in [-0.05, 0) is 68.1 Å². The van der Waals surface area contributed by atoms with Crippen molar-refractivity contribution in [2.75, 3.05) is 29.9 Å². The second-order valence-electron chi connectivity index (χ2n) is 7.03. The van der Waals surface area contributed by atoms with E-state index in [9.17, 15) is 18.0 Å². The van der Waals surface area contributed by atoms with E-state index in [1.165, 1.54) is 6.07 Å². The van der Waals surface area contributed by atoms with E-state index < -0.39 is 17.6 Å². The third kappa shape index (κ3) is 5.56. The van der Waals surface area contributed by atoms with E-state index in [4.69, 9.17) is 16.3 Å². The number of carbonyl (C=O) groups excluding carboxylic acids is 1. The van der Waals surface area contributed by atoms with Gasteiger partial charge in [-0.3, -0.25) is 4.79 Å². The number of anilines is 2. The van der Waals surface area contributed by atoms with Gasteiger partial charge in [-0.1, -0.05) is 11.6 Å². The molecule has 1 aliphatic heterocycles. The molecule has 0 radical (unpaired) electrons. The van der Waals surface area contributed by atoms with Gasteiger partial charge in [-0.25, -0.2) is 0 Å². The van der Waals surface area contributed by atoms with Gasteiger partial charge in [-0.2, -0.15) is 13.2 Å². The van der Waals surface area contributed by atoms with Gasteiger partial charge in [0.2, 0.25) is 0 Å². The third-order valence-corrected chi connectivity index (χ3v) is 5.22. The lowest BCUT2D eigenvalue weighted by atomic mass is 10.1. The van der Waals surface area contributed by atoms with Crippen molar-refractivity contribution in [3.8, 4) is 5.75 Å². The fourth-order valence-electron chi connectivity index (χ4n) is 3.27. The number of alkyl halides is 3. The standard InChI is InChI=1S/C21H22ClF3N2O2/c1-14-11-16(6-7-17(14)22)29-13-20(28)26-18-12-15(21(23,24)25)5-8-19(18)27-9-3-2-4-10-27/h5-8,11-12H,2-4,9-10,13H2,1H3,(H,26,28). The summed E-state index contributed by atoms with van der Waals surface area (Å²) >= 11 is 5.96. The Morgan fingerprint density at radius 2 is 1.86 bits per heavy atom. The zero-order chi connectivity index (χ0) is 21.0. The largest absolute Gasteiger partial charge is 0.484 e. The lowest BCUT2D eigenvalue weighted by Gasteiger charge is -2.31. The maximum Gasteiger partial charge on any atom is 0.416 e. The van der Waals surface area contributed by atoms with Crippen LogP contribution in [0.5, 0.6) is 5.75 Å². The molecule has 1 N–H and O–H groups in total. The molecule has 1 fully saturated rings. The molecule has 0 aliphatic carbocycles. The quantitative estimate of drug-likeness (QED) is 0.669. The molecule has 0 saturated carbocycles. The summed E-state index contributed by atoms with van der Waals surface area (Å²) in [6.07, 6.45) is -1.47. The summed E-state index contributed by atoms with van der Waals surface area (Å²) in [5.41, 5.74) is 0.730. The Balaban J connectivity index is 1.75. The van der Waals surface area contributed by atoms with Gasteiger partial charge in [0.1, 0.15) is 5.75 Å². The summed E-state index contributed by atoms with van der Waals surface area (Å²) in [6.45, 7) is 2.98. The van der Waals surface area contributed by atoms with E-state index >= 15 is 0 Å². The molecule has 0 spiro atoms.